The van der Waals surface area contributed by atoms with Crippen LogP contribution in [-0.2, 0) is 9.59 Å². The molecule has 1 aliphatic heterocycles. The zero-order chi connectivity index (χ0) is 29.5. The number of benzene rings is 1. The van der Waals surface area contributed by atoms with E-state index < -0.39 is 17.7 Å². The largest absolute Gasteiger partial charge is 0.505 e. The number of unbranched alkanes of at least 4 members (excludes halogenated alkanes) is 2. The Morgan fingerprint density at radius 2 is 1.83 bits per heavy atom. The van der Waals surface area contributed by atoms with Gasteiger partial charge in [-0.3, -0.25) is 14.0 Å². The summed E-state index contributed by atoms with van der Waals surface area (Å²) in [5, 5.41) is 11.7. The van der Waals surface area contributed by atoms with E-state index in [-0.39, 0.29) is 11.3 Å². The number of aliphatic hydroxyl groups is 1. The van der Waals surface area contributed by atoms with Crippen molar-refractivity contribution >= 4 is 23.1 Å². The number of ketones is 1. The number of amides is 1. The number of ether oxygens (including phenoxy) is 2. The highest BCUT2D eigenvalue weighted by Gasteiger charge is 2.46. The maximum absolute atomic E-state index is 13.6. The molecule has 1 amide bonds. The number of rotatable bonds is 14. The molecule has 1 atom stereocenters. The SMILES string of the molecule is CCCCCOc1ccc(C2/C(=C(\O)c3c(C)nc4ccccn34)C(=O)C(=O)N2CCCN(CC)CC)cc1OC. The Labute approximate surface area is 242 Å². The van der Waals surface area contributed by atoms with Crippen LogP contribution in [0.2, 0.25) is 0 Å². The molecule has 3 heterocycles. The molecule has 1 fully saturated rings. The van der Waals surface area contributed by atoms with Crippen LogP contribution in [0, 0.1) is 6.92 Å². The molecular weight excluding hydrogens is 520 g/mol. The molecule has 9 heteroatoms. The number of hydrogen-bond donors (Lipinski definition) is 1. The highest BCUT2D eigenvalue weighted by molar-refractivity contribution is 6.46. The van der Waals surface area contributed by atoms with Crippen molar-refractivity contribution in [1.29, 1.82) is 0 Å². The van der Waals surface area contributed by atoms with E-state index in [4.69, 9.17) is 9.47 Å². The zero-order valence-corrected chi connectivity index (χ0v) is 24.9. The molecule has 0 spiro atoms. The smallest absolute Gasteiger partial charge is 0.295 e. The Kier molecular flexibility index (Phi) is 10.0. The highest BCUT2D eigenvalue weighted by atomic mass is 16.5. The van der Waals surface area contributed by atoms with Crippen LogP contribution >= 0.6 is 0 Å². The number of carbonyl (C=O) groups is 2. The molecule has 2 aromatic heterocycles. The Morgan fingerprint density at radius 3 is 2.54 bits per heavy atom. The third-order valence-electron chi connectivity index (χ3n) is 7.75. The number of aliphatic hydroxyl groups excluding tert-OH is 1. The molecule has 1 saturated heterocycles. The van der Waals surface area contributed by atoms with Crippen molar-refractivity contribution in [3.8, 4) is 11.5 Å². The predicted molar refractivity (Wildman–Crippen MR) is 159 cm³/mol. The summed E-state index contributed by atoms with van der Waals surface area (Å²) >= 11 is 0. The predicted octanol–water partition coefficient (Wildman–Crippen LogP) is 5.37. The van der Waals surface area contributed by atoms with Gasteiger partial charge < -0.3 is 24.4 Å². The van der Waals surface area contributed by atoms with Crippen LogP contribution in [0.25, 0.3) is 11.4 Å². The Morgan fingerprint density at radius 1 is 1.05 bits per heavy atom. The average molecular weight is 563 g/mol. The summed E-state index contributed by atoms with van der Waals surface area (Å²) in [5.74, 6) is -0.460. The summed E-state index contributed by atoms with van der Waals surface area (Å²) in [6, 6.07) is 10.2. The van der Waals surface area contributed by atoms with Crippen LogP contribution in [0.15, 0.2) is 48.2 Å². The van der Waals surface area contributed by atoms with Gasteiger partial charge in [0.05, 0.1) is 31.0 Å². The highest BCUT2D eigenvalue weighted by Crippen LogP contribution is 2.42. The zero-order valence-electron chi connectivity index (χ0n) is 24.9. The quantitative estimate of drug-likeness (QED) is 0.122. The first-order valence-corrected chi connectivity index (χ1v) is 14.6. The maximum Gasteiger partial charge on any atom is 0.295 e. The van der Waals surface area contributed by atoms with Crippen molar-refractivity contribution < 1.29 is 24.2 Å². The average Bonchev–Trinajstić information content (AvgIpc) is 3.45. The standard InChI is InChI=1S/C32H42N4O5/c1-6-9-12-20-41-24-16-15-23(21-25(24)40-5)29-27(30(37)28-22(4)33-26-14-10-11-18-35(26)28)31(38)32(39)36(29)19-13-17-34(7-2)8-3/h10-11,14-16,18,21,29,37H,6-9,12-13,17,19-20H2,1-5H3/b30-27+. The van der Waals surface area contributed by atoms with Crippen molar-refractivity contribution in [1.82, 2.24) is 19.2 Å². The van der Waals surface area contributed by atoms with Gasteiger partial charge in [0.15, 0.2) is 17.3 Å². The Hall–Kier alpha value is -3.85. The second-order valence-corrected chi connectivity index (χ2v) is 10.3. The molecule has 41 heavy (non-hydrogen) atoms. The lowest BCUT2D eigenvalue weighted by Gasteiger charge is -2.27. The first-order chi connectivity index (χ1) is 19.9. The molecule has 4 rings (SSSR count). The third-order valence-corrected chi connectivity index (χ3v) is 7.75. The lowest BCUT2D eigenvalue weighted by atomic mass is 9.95. The van der Waals surface area contributed by atoms with Gasteiger partial charge in [0.2, 0.25) is 0 Å². The molecule has 1 aliphatic rings. The van der Waals surface area contributed by atoms with Crippen LogP contribution in [0.5, 0.6) is 11.5 Å². The molecule has 1 N–H and O–H groups in total. The van der Waals surface area contributed by atoms with Crippen molar-refractivity contribution in [2.24, 2.45) is 0 Å². The van der Waals surface area contributed by atoms with Crippen LogP contribution in [0.1, 0.15) is 69.4 Å². The Balaban J connectivity index is 1.79. The molecule has 9 nitrogen and oxygen atoms in total. The number of pyridine rings is 1. The van der Waals surface area contributed by atoms with Gasteiger partial charge in [-0.15, -0.1) is 0 Å². The van der Waals surface area contributed by atoms with E-state index >= 15 is 0 Å². The topological polar surface area (TPSA) is 96.6 Å². The Bertz CT molecular complexity index is 1410. The first-order valence-electron chi connectivity index (χ1n) is 14.6. The second kappa shape index (κ2) is 13.7. The number of aromatic nitrogens is 2. The van der Waals surface area contributed by atoms with E-state index in [0.29, 0.717) is 53.7 Å². The van der Waals surface area contributed by atoms with E-state index in [1.807, 2.05) is 30.3 Å². The summed E-state index contributed by atoms with van der Waals surface area (Å²) in [6.45, 7) is 11.7. The molecule has 220 valence electrons. The van der Waals surface area contributed by atoms with E-state index in [9.17, 15) is 14.7 Å². The van der Waals surface area contributed by atoms with Gasteiger partial charge in [-0.25, -0.2) is 4.98 Å². The molecule has 0 radical (unpaired) electrons. The lowest BCUT2D eigenvalue weighted by Crippen LogP contribution is -2.33. The maximum atomic E-state index is 13.6. The van der Waals surface area contributed by atoms with E-state index in [1.54, 1.807) is 35.6 Å². The summed E-state index contributed by atoms with van der Waals surface area (Å²) in [4.78, 5) is 35.5. The van der Waals surface area contributed by atoms with Crippen molar-refractivity contribution in [3.05, 3.63) is 65.1 Å². The third kappa shape index (κ3) is 6.25. The number of nitrogens with zero attached hydrogens (tertiary/aromatic N) is 4. The fourth-order valence-corrected chi connectivity index (χ4v) is 5.50. The van der Waals surface area contributed by atoms with Crippen molar-refractivity contribution in [2.75, 3.05) is 39.9 Å². The first kappa shape index (κ1) is 30.1. The normalized spacial score (nSPS) is 16.7. The van der Waals surface area contributed by atoms with Crippen LogP contribution < -0.4 is 9.47 Å². The van der Waals surface area contributed by atoms with E-state index in [0.717, 1.165) is 38.9 Å². The minimum atomic E-state index is -0.789. The van der Waals surface area contributed by atoms with Crippen LogP contribution in [-0.4, -0.2) is 75.9 Å². The fraction of sp³-hybridized carbons (Fsp3) is 0.469. The van der Waals surface area contributed by atoms with E-state index in [1.165, 1.54) is 0 Å². The van der Waals surface area contributed by atoms with Crippen LogP contribution in [0.3, 0.4) is 0 Å². The van der Waals surface area contributed by atoms with Gasteiger partial charge in [0.1, 0.15) is 11.3 Å². The van der Waals surface area contributed by atoms with Gasteiger partial charge in [-0.1, -0.05) is 45.7 Å². The number of carbonyl (C=O) groups excluding carboxylic acids is 2. The number of imidazole rings is 1. The van der Waals surface area contributed by atoms with Crippen molar-refractivity contribution in [3.63, 3.8) is 0 Å². The summed E-state index contributed by atoms with van der Waals surface area (Å²) in [7, 11) is 1.57. The fourth-order valence-electron chi connectivity index (χ4n) is 5.50. The van der Waals surface area contributed by atoms with Gasteiger partial charge in [0.25, 0.3) is 11.7 Å². The van der Waals surface area contributed by atoms with Crippen LogP contribution in [0.4, 0.5) is 0 Å². The molecule has 0 saturated carbocycles. The number of fused-ring (bicyclic) bond motifs is 1. The summed E-state index contributed by atoms with van der Waals surface area (Å²) < 4.78 is 13.4. The number of methoxy groups -OCH3 is 1. The van der Waals surface area contributed by atoms with Gasteiger partial charge in [-0.05, 0) is 69.2 Å². The number of hydrogen-bond acceptors (Lipinski definition) is 7. The van der Waals surface area contributed by atoms with E-state index in [2.05, 4.69) is 30.7 Å². The van der Waals surface area contributed by atoms with Gasteiger partial charge in [-0.2, -0.15) is 0 Å². The number of Topliss-reactive ketones (excluding diaryl/α,β-unsaturated/α-hetero) is 1. The molecule has 1 aromatic carbocycles. The van der Waals surface area contributed by atoms with Crippen molar-refractivity contribution in [2.45, 2.75) is 59.4 Å². The summed E-state index contributed by atoms with van der Waals surface area (Å²) in [5.41, 5.74) is 2.31. The minimum absolute atomic E-state index is 0.0465. The number of likely N-dealkylation sites (tertiary alicyclic amines) is 1. The summed E-state index contributed by atoms with van der Waals surface area (Å²) in [6.07, 6.45) is 5.58. The van der Waals surface area contributed by atoms with Gasteiger partial charge >= 0.3 is 0 Å². The molecule has 0 bridgehead atoms. The second-order valence-electron chi connectivity index (χ2n) is 10.3. The molecule has 3 aromatic rings. The molecule has 1 unspecified atom stereocenters. The molecule has 0 aliphatic carbocycles. The minimum Gasteiger partial charge on any atom is -0.505 e. The van der Waals surface area contributed by atoms with Gasteiger partial charge in [0, 0.05) is 12.7 Å². The lowest BCUT2D eigenvalue weighted by molar-refractivity contribution is -0.140. The number of aryl methyl sites for hydroxylation is 1. The molecular formula is C32H42N4O5. The monoisotopic (exact) mass is 562 g/mol.